The van der Waals surface area contributed by atoms with Crippen LogP contribution in [0.5, 0.6) is 0 Å². The molecule has 1 amide bonds. The molecule has 0 aromatic heterocycles. The lowest BCUT2D eigenvalue weighted by Crippen LogP contribution is -2.03. The summed E-state index contributed by atoms with van der Waals surface area (Å²) < 4.78 is 0. The quantitative estimate of drug-likeness (QED) is 0.891. The summed E-state index contributed by atoms with van der Waals surface area (Å²) >= 11 is 1.18. The third-order valence-electron chi connectivity index (χ3n) is 2.91. The fourth-order valence-electron chi connectivity index (χ4n) is 1.82. The van der Waals surface area contributed by atoms with Crippen LogP contribution in [0.2, 0.25) is 0 Å². The van der Waals surface area contributed by atoms with Gasteiger partial charge in [0.05, 0.1) is 0 Å². The van der Waals surface area contributed by atoms with Crippen molar-refractivity contribution in [1.29, 1.82) is 0 Å². The molecule has 0 unspecified atom stereocenters. The molecule has 0 heterocycles. The summed E-state index contributed by atoms with van der Waals surface area (Å²) in [5, 5.41) is 2.78. The highest BCUT2D eigenvalue weighted by Crippen LogP contribution is 2.15. The summed E-state index contributed by atoms with van der Waals surface area (Å²) in [5.74, 6) is 0. The highest BCUT2D eigenvalue weighted by atomic mass is 32.2. The maximum absolute atomic E-state index is 11.2. The molecule has 1 N–H and O–H groups in total. The van der Waals surface area contributed by atoms with E-state index in [0.717, 1.165) is 12.1 Å². The van der Waals surface area contributed by atoms with Crippen LogP contribution in [0.25, 0.3) is 0 Å². The topological polar surface area (TPSA) is 29.1 Å². The molecule has 2 rings (SSSR count). The van der Waals surface area contributed by atoms with Crippen LogP contribution in [0.1, 0.15) is 16.7 Å². The van der Waals surface area contributed by atoms with Crippen LogP contribution in [0.4, 0.5) is 10.5 Å². The molecule has 0 atom stereocenters. The van der Waals surface area contributed by atoms with Crippen molar-refractivity contribution >= 4 is 22.7 Å². The van der Waals surface area contributed by atoms with Crippen molar-refractivity contribution in [2.45, 2.75) is 13.3 Å². The summed E-state index contributed by atoms with van der Waals surface area (Å²) in [6.45, 7) is 2.09. The number of thioether (sulfide) groups is 1. The van der Waals surface area contributed by atoms with Crippen molar-refractivity contribution in [3.8, 4) is 0 Å². The zero-order valence-corrected chi connectivity index (χ0v) is 12.0. The largest absolute Gasteiger partial charge is 0.317 e. The molecule has 0 fully saturated rings. The Kier molecular flexibility index (Phi) is 4.63. The van der Waals surface area contributed by atoms with Crippen LogP contribution in [-0.2, 0) is 6.42 Å². The summed E-state index contributed by atoms with van der Waals surface area (Å²) in [6.07, 6.45) is 2.68. The van der Waals surface area contributed by atoms with Crippen LogP contribution in [0, 0.1) is 6.92 Å². The molecule has 0 spiro atoms. The maximum Gasteiger partial charge on any atom is 0.283 e. The molecule has 0 bridgehead atoms. The van der Waals surface area contributed by atoms with Crippen LogP contribution >= 0.6 is 11.8 Å². The molecule has 3 heteroatoms. The number of benzene rings is 2. The Morgan fingerprint density at radius 2 is 1.53 bits per heavy atom. The van der Waals surface area contributed by atoms with Gasteiger partial charge in [-0.15, -0.1) is 0 Å². The van der Waals surface area contributed by atoms with Gasteiger partial charge in [-0.3, -0.25) is 4.79 Å². The number of nitrogens with one attached hydrogen (secondary N) is 1. The van der Waals surface area contributed by atoms with E-state index in [1.807, 2.05) is 12.1 Å². The van der Waals surface area contributed by atoms with Gasteiger partial charge in [-0.25, -0.2) is 0 Å². The molecule has 0 radical (unpaired) electrons. The first-order chi connectivity index (χ1) is 9.17. The summed E-state index contributed by atoms with van der Waals surface area (Å²) in [6, 6.07) is 16.5. The lowest BCUT2D eigenvalue weighted by atomic mass is 10.0. The molecule has 2 aromatic rings. The molecule has 98 valence electrons. The van der Waals surface area contributed by atoms with E-state index in [1.165, 1.54) is 28.5 Å². The molecule has 0 aliphatic rings. The average Bonchev–Trinajstić information content (AvgIpc) is 2.43. The van der Waals surface area contributed by atoms with Crippen LogP contribution in [-0.4, -0.2) is 11.5 Å². The number of aryl methyl sites for hydroxylation is 1. The molecule has 0 aliphatic heterocycles. The highest BCUT2D eigenvalue weighted by Gasteiger charge is 2.00. The van der Waals surface area contributed by atoms with Crippen LogP contribution in [0.15, 0.2) is 48.5 Å². The van der Waals surface area contributed by atoms with Gasteiger partial charge in [0, 0.05) is 5.69 Å². The van der Waals surface area contributed by atoms with Gasteiger partial charge in [0.15, 0.2) is 0 Å². The summed E-state index contributed by atoms with van der Waals surface area (Å²) in [4.78, 5) is 11.2. The Balaban J connectivity index is 2.02. The molecule has 19 heavy (non-hydrogen) atoms. The van der Waals surface area contributed by atoms with E-state index >= 15 is 0 Å². The lowest BCUT2D eigenvalue weighted by Gasteiger charge is -2.06. The monoisotopic (exact) mass is 271 g/mol. The fourth-order valence-corrected chi connectivity index (χ4v) is 2.04. The molecular formula is C16H17NOS. The minimum Gasteiger partial charge on any atom is -0.317 e. The standard InChI is InChI=1S/C16H17NOS/c1-12-3-5-13(6-4-12)11-14-7-9-15(10-8-14)17-16(18)19-2/h3-10H,11H2,1-2H3,(H,17,18). The van der Waals surface area contributed by atoms with Crippen molar-refractivity contribution in [2.24, 2.45) is 0 Å². The van der Waals surface area contributed by atoms with Gasteiger partial charge in [0.1, 0.15) is 0 Å². The second-order valence-electron chi connectivity index (χ2n) is 4.48. The third-order valence-corrected chi connectivity index (χ3v) is 3.39. The molecule has 0 aliphatic carbocycles. The third kappa shape index (κ3) is 4.14. The summed E-state index contributed by atoms with van der Waals surface area (Å²) in [5.41, 5.74) is 4.66. The first-order valence-corrected chi connectivity index (χ1v) is 7.39. The van der Waals surface area contributed by atoms with Crippen LogP contribution in [0.3, 0.4) is 0 Å². The summed E-state index contributed by atoms with van der Waals surface area (Å²) in [7, 11) is 0. The fraction of sp³-hybridized carbons (Fsp3) is 0.188. The zero-order valence-electron chi connectivity index (χ0n) is 11.1. The van der Waals surface area contributed by atoms with E-state index < -0.39 is 0 Å². The number of carbonyl (C=O) groups excluding carboxylic acids is 1. The first-order valence-electron chi connectivity index (χ1n) is 6.17. The molecule has 0 saturated carbocycles. The van der Waals surface area contributed by atoms with E-state index in [1.54, 1.807) is 6.26 Å². The smallest absolute Gasteiger partial charge is 0.283 e. The second-order valence-corrected chi connectivity index (χ2v) is 5.25. The van der Waals surface area contributed by atoms with Gasteiger partial charge in [0.25, 0.3) is 5.24 Å². The van der Waals surface area contributed by atoms with Crippen molar-refractivity contribution in [1.82, 2.24) is 0 Å². The number of amides is 1. The Morgan fingerprint density at radius 1 is 1.00 bits per heavy atom. The SMILES string of the molecule is CSC(=O)Nc1ccc(Cc2ccc(C)cc2)cc1. The van der Waals surface area contributed by atoms with Crippen molar-refractivity contribution in [2.75, 3.05) is 11.6 Å². The maximum atomic E-state index is 11.2. The van der Waals surface area contributed by atoms with Gasteiger partial charge in [-0.2, -0.15) is 0 Å². The number of anilines is 1. The Morgan fingerprint density at radius 3 is 2.05 bits per heavy atom. The van der Waals surface area contributed by atoms with E-state index in [-0.39, 0.29) is 5.24 Å². The Labute approximate surface area is 118 Å². The Hall–Kier alpha value is -1.74. The highest BCUT2D eigenvalue weighted by molar-refractivity contribution is 8.13. The minimum absolute atomic E-state index is 0.0358. The van der Waals surface area contributed by atoms with E-state index in [2.05, 4.69) is 48.6 Å². The predicted molar refractivity (Wildman–Crippen MR) is 83.0 cm³/mol. The van der Waals surface area contributed by atoms with Gasteiger partial charge in [-0.1, -0.05) is 53.7 Å². The van der Waals surface area contributed by atoms with Crippen molar-refractivity contribution in [3.05, 3.63) is 65.2 Å². The Bertz CT molecular complexity index is 546. The normalized spacial score (nSPS) is 10.2. The molecule has 0 saturated heterocycles. The van der Waals surface area contributed by atoms with E-state index in [4.69, 9.17) is 0 Å². The molecule has 2 nitrogen and oxygen atoms in total. The van der Waals surface area contributed by atoms with Gasteiger partial charge >= 0.3 is 0 Å². The van der Waals surface area contributed by atoms with Crippen molar-refractivity contribution < 1.29 is 4.79 Å². The second kappa shape index (κ2) is 6.43. The van der Waals surface area contributed by atoms with Gasteiger partial charge in [0.2, 0.25) is 0 Å². The number of carbonyl (C=O) groups is 1. The van der Waals surface area contributed by atoms with Crippen molar-refractivity contribution in [3.63, 3.8) is 0 Å². The molecular weight excluding hydrogens is 254 g/mol. The van der Waals surface area contributed by atoms with E-state index in [9.17, 15) is 4.79 Å². The van der Waals surface area contributed by atoms with Gasteiger partial charge in [-0.05, 0) is 42.9 Å². The molecule has 2 aromatic carbocycles. The first kappa shape index (κ1) is 13.7. The lowest BCUT2D eigenvalue weighted by molar-refractivity contribution is 0.270. The average molecular weight is 271 g/mol. The number of hydrogen-bond acceptors (Lipinski definition) is 2. The number of rotatable bonds is 3. The van der Waals surface area contributed by atoms with Crippen LogP contribution < -0.4 is 5.32 Å². The van der Waals surface area contributed by atoms with E-state index in [0.29, 0.717) is 0 Å². The zero-order chi connectivity index (χ0) is 13.7. The minimum atomic E-state index is -0.0358. The number of hydrogen-bond donors (Lipinski definition) is 1. The predicted octanol–water partition coefficient (Wildman–Crippen LogP) is 4.48. The van der Waals surface area contributed by atoms with Gasteiger partial charge < -0.3 is 5.32 Å².